The van der Waals surface area contributed by atoms with Gasteiger partial charge in [0.2, 0.25) is 0 Å². The van der Waals surface area contributed by atoms with Crippen LogP contribution < -0.4 is 4.90 Å². The minimum absolute atomic E-state index is 0.247. The Kier molecular flexibility index (Phi) is 3.45. The predicted octanol–water partition coefficient (Wildman–Crippen LogP) is 0.999. The fraction of sp³-hybridized carbons (Fsp3) is 0.400. The van der Waals surface area contributed by atoms with Crippen LogP contribution in [0.2, 0.25) is 0 Å². The van der Waals surface area contributed by atoms with E-state index in [1.54, 1.807) is 12.4 Å². The van der Waals surface area contributed by atoms with Gasteiger partial charge < -0.3 is 9.64 Å². The number of hydrogen-bond acceptors (Lipinski definition) is 4. The Labute approximate surface area is 83.5 Å². The van der Waals surface area contributed by atoms with Crippen molar-refractivity contribution in [2.45, 2.75) is 6.92 Å². The summed E-state index contributed by atoms with van der Waals surface area (Å²) >= 11 is 0. The lowest BCUT2D eigenvalue weighted by atomic mass is 10.2. The summed E-state index contributed by atoms with van der Waals surface area (Å²) in [4.78, 5) is 16.8. The first-order chi connectivity index (χ1) is 6.65. The van der Waals surface area contributed by atoms with Gasteiger partial charge in [-0.25, -0.2) is 0 Å². The molecule has 1 rings (SSSR count). The lowest BCUT2D eigenvalue weighted by molar-refractivity contribution is -0.138. The molecule has 0 spiro atoms. The maximum atomic E-state index is 11.0. The molecule has 4 nitrogen and oxygen atoms in total. The van der Waals surface area contributed by atoms with Gasteiger partial charge in [0.25, 0.3) is 0 Å². The fourth-order valence-electron chi connectivity index (χ4n) is 1.24. The Morgan fingerprint density at radius 3 is 2.93 bits per heavy atom. The highest BCUT2D eigenvalue weighted by atomic mass is 16.5. The topological polar surface area (TPSA) is 42.4 Å². The fourth-order valence-corrected chi connectivity index (χ4v) is 1.24. The van der Waals surface area contributed by atoms with Gasteiger partial charge in [0.05, 0.1) is 7.11 Å². The SMILES string of the molecule is COC(=O)CN(C)c1ccncc1C. The summed E-state index contributed by atoms with van der Waals surface area (Å²) in [5.74, 6) is -0.247. The maximum Gasteiger partial charge on any atom is 0.325 e. The molecule has 14 heavy (non-hydrogen) atoms. The lowest BCUT2D eigenvalue weighted by Gasteiger charge is -2.19. The first-order valence-electron chi connectivity index (χ1n) is 4.33. The van der Waals surface area contributed by atoms with Crippen LogP contribution >= 0.6 is 0 Å². The molecule has 0 saturated heterocycles. The minimum atomic E-state index is -0.247. The van der Waals surface area contributed by atoms with Gasteiger partial charge in [-0.1, -0.05) is 0 Å². The first kappa shape index (κ1) is 10.5. The number of hydrogen-bond donors (Lipinski definition) is 0. The number of carbonyl (C=O) groups is 1. The monoisotopic (exact) mass is 194 g/mol. The molecule has 0 aliphatic rings. The van der Waals surface area contributed by atoms with Crippen LogP contribution in [0, 0.1) is 6.92 Å². The molecule has 0 aliphatic carbocycles. The minimum Gasteiger partial charge on any atom is -0.468 e. The van der Waals surface area contributed by atoms with Crippen molar-refractivity contribution in [3.63, 3.8) is 0 Å². The van der Waals surface area contributed by atoms with Crippen molar-refractivity contribution in [3.8, 4) is 0 Å². The van der Waals surface area contributed by atoms with E-state index in [-0.39, 0.29) is 12.5 Å². The third kappa shape index (κ3) is 2.45. The number of esters is 1. The van der Waals surface area contributed by atoms with E-state index in [0.29, 0.717) is 0 Å². The average molecular weight is 194 g/mol. The highest BCUT2D eigenvalue weighted by molar-refractivity contribution is 5.75. The number of aromatic nitrogens is 1. The van der Waals surface area contributed by atoms with Gasteiger partial charge >= 0.3 is 5.97 Å². The average Bonchev–Trinajstić information content (AvgIpc) is 2.18. The molecular formula is C10H14N2O2. The number of carbonyl (C=O) groups excluding carboxylic acids is 1. The van der Waals surface area contributed by atoms with E-state index in [4.69, 9.17) is 0 Å². The molecule has 0 unspecified atom stereocenters. The number of likely N-dealkylation sites (N-methyl/N-ethyl adjacent to an activating group) is 1. The van der Waals surface area contributed by atoms with Crippen LogP contribution in [-0.2, 0) is 9.53 Å². The van der Waals surface area contributed by atoms with Crippen molar-refractivity contribution >= 4 is 11.7 Å². The van der Waals surface area contributed by atoms with Gasteiger partial charge in [0, 0.05) is 25.1 Å². The van der Waals surface area contributed by atoms with Gasteiger partial charge in [-0.2, -0.15) is 0 Å². The Bertz CT molecular complexity index is 326. The van der Waals surface area contributed by atoms with Gasteiger partial charge in [0.1, 0.15) is 6.54 Å². The summed E-state index contributed by atoms with van der Waals surface area (Å²) in [5, 5.41) is 0. The number of aryl methyl sites for hydroxylation is 1. The van der Waals surface area contributed by atoms with Crippen LogP contribution in [0.1, 0.15) is 5.56 Å². The highest BCUT2D eigenvalue weighted by Gasteiger charge is 2.08. The smallest absolute Gasteiger partial charge is 0.325 e. The van der Waals surface area contributed by atoms with Crippen LogP contribution in [0.25, 0.3) is 0 Å². The zero-order chi connectivity index (χ0) is 10.6. The van der Waals surface area contributed by atoms with E-state index in [0.717, 1.165) is 11.3 Å². The zero-order valence-corrected chi connectivity index (χ0v) is 8.65. The van der Waals surface area contributed by atoms with Crippen LogP contribution in [0.15, 0.2) is 18.5 Å². The van der Waals surface area contributed by atoms with E-state index in [1.165, 1.54) is 7.11 Å². The molecule has 0 N–H and O–H groups in total. The Morgan fingerprint density at radius 2 is 2.36 bits per heavy atom. The zero-order valence-electron chi connectivity index (χ0n) is 8.65. The molecule has 0 fully saturated rings. The van der Waals surface area contributed by atoms with Gasteiger partial charge in [0.15, 0.2) is 0 Å². The molecule has 1 aromatic heterocycles. The molecule has 0 aliphatic heterocycles. The molecule has 0 aromatic carbocycles. The lowest BCUT2D eigenvalue weighted by Crippen LogP contribution is -2.26. The molecule has 1 heterocycles. The Hall–Kier alpha value is -1.58. The van der Waals surface area contributed by atoms with E-state index in [2.05, 4.69) is 9.72 Å². The van der Waals surface area contributed by atoms with Gasteiger partial charge in [-0.3, -0.25) is 9.78 Å². The van der Waals surface area contributed by atoms with Crippen molar-refractivity contribution in [2.24, 2.45) is 0 Å². The molecule has 0 atom stereocenters. The van der Waals surface area contributed by atoms with Crippen molar-refractivity contribution < 1.29 is 9.53 Å². The van der Waals surface area contributed by atoms with Crippen molar-refractivity contribution in [2.75, 3.05) is 25.6 Å². The summed E-state index contributed by atoms with van der Waals surface area (Å²) in [6.45, 7) is 2.21. The number of rotatable bonds is 3. The van der Waals surface area contributed by atoms with Gasteiger partial charge in [-0.15, -0.1) is 0 Å². The third-order valence-corrected chi connectivity index (χ3v) is 2.00. The number of anilines is 1. The van der Waals surface area contributed by atoms with Crippen LogP contribution in [0.5, 0.6) is 0 Å². The quantitative estimate of drug-likeness (QED) is 0.673. The molecule has 76 valence electrons. The normalized spacial score (nSPS) is 9.64. The first-order valence-corrected chi connectivity index (χ1v) is 4.33. The van der Waals surface area contributed by atoms with Crippen LogP contribution in [0.4, 0.5) is 5.69 Å². The van der Waals surface area contributed by atoms with E-state index in [9.17, 15) is 4.79 Å². The summed E-state index contributed by atoms with van der Waals surface area (Å²) in [7, 11) is 3.23. The van der Waals surface area contributed by atoms with Crippen LogP contribution in [-0.4, -0.2) is 31.7 Å². The maximum absolute atomic E-state index is 11.0. The molecule has 0 saturated carbocycles. The molecule has 0 amide bonds. The van der Waals surface area contributed by atoms with Crippen molar-refractivity contribution in [1.82, 2.24) is 4.98 Å². The molecule has 0 bridgehead atoms. The second-order valence-corrected chi connectivity index (χ2v) is 3.09. The number of methoxy groups -OCH3 is 1. The largest absolute Gasteiger partial charge is 0.468 e. The summed E-state index contributed by atoms with van der Waals surface area (Å²) in [6, 6.07) is 1.87. The van der Waals surface area contributed by atoms with Crippen molar-refractivity contribution in [1.29, 1.82) is 0 Å². The van der Waals surface area contributed by atoms with Crippen molar-refractivity contribution in [3.05, 3.63) is 24.0 Å². The standard InChI is InChI=1S/C10H14N2O2/c1-8-6-11-5-4-9(8)12(2)7-10(13)14-3/h4-6H,7H2,1-3H3. The third-order valence-electron chi connectivity index (χ3n) is 2.00. The van der Waals surface area contributed by atoms with Gasteiger partial charge in [-0.05, 0) is 18.6 Å². The number of nitrogens with zero attached hydrogens (tertiary/aromatic N) is 2. The molecule has 0 radical (unpaired) electrons. The molecular weight excluding hydrogens is 180 g/mol. The van der Waals surface area contributed by atoms with E-state index >= 15 is 0 Å². The number of ether oxygens (including phenoxy) is 1. The summed E-state index contributed by atoms with van der Waals surface area (Å²) in [6.07, 6.45) is 3.47. The van der Waals surface area contributed by atoms with E-state index < -0.39 is 0 Å². The Morgan fingerprint density at radius 1 is 1.64 bits per heavy atom. The number of pyridine rings is 1. The highest BCUT2D eigenvalue weighted by Crippen LogP contribution is 2.15. The molecule has 4 heteroatoms. The summed E-state index contributed by atoms with van der Waals surface area (Å²) < 4.78 is 4.59. The van der Waals surface area contributed by atoms with E-state index in [1.807, 2.05) is 24.9 Å². The summed E-state index contributed by atoms with van der Waals surface area (Å²) in [5.41, 5.74) is 2.03. The predicted molar refractivity (Wildman–Crippen MR) is 54.3 cm³/mol. The Balaban J connectivity index is 2.74. The second kappa shape index (κ2) is 4.60. The second-order valence-electron chi connectivity index (χ2n) is 3.09. The molecule has 1 aromatic rings. The van der Waals surface area contributed by atoms with Crippen LogP contribution in [0.3, 0.4) is 0 Å².